The lowest BCUT2D eigenvalue weighted by Crippen LogP contribution is -2.31. The number of aromatic nitrogens is 1. The van der Waals surface area contributed by atoms with Gasteiger partial charge in [0.25, 0.3) is 5.91 Å². The molecule has 4 nitrogen and oxygen atoms in total. The smallest absolute Gasteiger partial charge is 0.272 e. The van der Waals surface area contributed by atoms with Gasteiger partial charge >= 0.3 is 0 Å². The van der Waals surface area contributed by atoms with E-state index >= 15 is 0 Å². The van der Waals surface area contributed by atoms with Gasteiger partial charge in [0.2, 0.25) is 0 Å². The van der Waals surface area contributed by atoms with Crippen molar-refractivity contribution in [3.05, 3.63) is 52.3 Å². The minimum Gasteiger partial charge on any atom is -0.353 e. The summed E-state index contributed by atoms with van der Waals surface area (Å²) in [5.74, 6) is -0.0982. The number of amides is 1. The van der Waals surface area contributed by atoms with Gasteiger partial charge in [0.05, 0.1) is 15.7 Å². The maximum absolute atomic E-state index is 12.3. The largest absolute Gasteiger partial charge is 0.353 e. The Morgan fingerprint density at radius 2 is 1.82 bits per heavy atom. The fourth-order valence-electron chi connectivity index (χ4n) is 2.06. The molecule has 0 aliphatic carbocycles. The van der Waals surface area contributed by atoms with Crippen LogP contribution in [0.15, 0.2) is 36.5 Å². The van der Waals surface area contributed by atoms with Gasteiger partial charge in [-0.2, -0.15) is 0 Å². The van der Waals surface area contributed by atoms with Crippen LogP contribution in [0.25, 0.3) is 0 Å². The van der Waals surface area contributed by atoms with Crippen molar-refractivity contribution in [2.24, 2.45) is 0 Å². The number of para-hydroxylation sites is 1. The third-order valence-electron chi connectivity index (χ3n) is 3.26. The number of pyridine rings is 1. The second kappa shape index (κ2) is 7.47. The van der Waals surface area contributed by atoms with Gasteiger partial charge in [0.15, 0.2) is 0 Å². The first-order chi connectivity index (χ1) is 10.6. The molecule has 0 bridgehead atoms. The van der Waals surface area contributed by atoms with E-state index in [1.807, 2.05) is 13.8 Å². The van der Waals surface area contributed by atoms with Crippen molar-refractivity contribution in [1.29, 1.82) is 0 Å². The van der Waals surface area contributed by atoms with E-state index in [-0.39, 0.29) is 5.91 Å². The van der Waals surface area contributed by atoms with Crippen LogP contribution in [0.2, 0.25) is 10.0 Å². The van der Waals surface area contributed by atoms with Crippen LogP contribution in [0.4, 0.5) is 11.4 Å². The maximum atomic E-state index is 12.3. The summed E-state index contributed by atoms with van der Waals surface area (Å²) in [7, 11) is 0. The van der Waals surface area contributed by atoms with Gasteiger partial charge in [-0.15, -0.1) is 0 Å². The minimum atomic E-state index is -0.0982. The molecule has 0 saturated carbocycles. The number of rotatable bonds is 5. The number of anilines is 2. The summed E-state index contributed by atoms with van der Waals surface area (Å²) >= 11 is 12.3. The molecule has 2 rings (SSSR count). The number of nitrogens with one attached hydrogen (secondary N) is 1. The molecule has 0 aliphatic heterocycles. The highest BCUT2D eigenvalue weighted by atomic mass is 35.5. The van der Waals surface area contributed by atoms with Crippen LogP contribution >= 0.6 is 23.2 Å². The van der Waals surface area contributed by atoms with E-state index in [1.54, 1.807) is 41.4 Å². The molecule has 1 heterocycles. The molecule has 6 heteroatoms. The average molecular weight is 338 g/mol. The number of hydrogen-bond donors (Lipinski definition) is 1. The Kier molecular flexibility index (Phi) is 5.63. The average Bonchev–Trinajstić information content (AvgIpc) is 2.52. The molecule has 0 saturated heterocycles. The lowest BCUT2D eigenvalue weighted by atomic mass is 10.2. The Labute approximate surface area is 140 Å². The first-order valence-electron chi connectivity index (χ1n) is 7.03. The molecule has 2 aromatic rings. The Balaban J connectivity index is 2.27. The van der Waals surface area contributed by atoms with Crippen molar-refractivity contribution >= 4 is 40.5 Å². The van der Waals surface area contributed by atoms with Crippen LogP contribution in [0, 0.1) is 0 Å². The summed E-state index contributed by atoms with van der Waals surface area (Å²) in [5, 5.41) is 4.17. The maximum Gasteiger partial charge on any atom is 0.272 e. The van der Waals surface area contributed by atoms with E-state index in [4.69, 9.17) is 23.2 Å². The SMILES string of the molecule is CCN(CC)C(=O)c1cc(Nc2c(Cl)cccc2Cl)ccn1. The summed E-state index contributed by atoms with van der Waals surface area (Å²) in [4.78, 5) is 18.2. The molecule has 0 fully saturated rings. The Morgan fingerprint density at radius 3 is 2.41 bits per heavy atom. The Bertz CT molecular complexity index is 652. The molecule has 116 valence electrons. The molecule has 22 heavy (non-hydrogen) atoms. The van der Waals surface area contributed by atoms with E-state index in [2.05, 4.69) is 10.3 Å². The van der Waals surface area contributed by atoms with Gasteiger partial charge in [-0.25, -0.2) is 0 Å². The fraction of sp³-hybridized carbons (Fsp3) is 0.250. The lowest BCUT2D eigenvalue weighted by Gasteiger charge is -2.18. The molecular formula is C16H17Cl2N3O. The minimum absolute atomic E-state index is 0.0982. The summed E-state index contributed by atoms with van der Waals surface area (Å²) in [5.41, 5.74) is 1.70. The number of nitrogens with zero attached hydrogens (tertiary/aromatic N) is 2. The van der Waals surface area contributed by atoms with Crippen LogP contribution in [0.1, 0.15) is 24.3 Å². The summed E-state index contributed by atoms with van der Waals surface area (Å²) < 4.78 is 0. The molecule has 0 atom stereocenters. The van der Waals surface area contributed by atoms with Crippen molar-refractivity contribution in [3.8, 4) is 0 Å². The number of carbonyl (C=O) groups excluding carboxylic acids is 1. The van der Waals surface area contributed by atoms with Crippen LogP contribution in [-0.4, -0.2) is 28.9 Å². The molecule has 0 unspecified atom stereocenters. The summed E-state index contributed by atoms with van der Waals surface area (Å²) in [6.07, 6.45) is 1.59. The number of hydrogen-bond acceptors (Lipinski definition) is 3. The van der Waals surface area contributed by atoms with E-state index in [0.717, 1.165) is 0 Å². The van der Waals surface area contributed by atoms with Crippen molar-refractivity contribution in [2.75, 3.05) is 18.4 Å². The van der Waals surface area contributed by atoms with Gasteiger partial charge in [-0.05, 0) is 38.1 Å². The third kappa shape index (κ3) is 3.70. The highest BCUT2D eigenvalue weighted by molar-refractivity contribution is 6.39. The molecule has 0 radical (unpaired) electrons. The van der Waals surface area contributed by atoms with Crippen LogP contribution in [0.3, 0.4) is 0 Å². The normalized spacial score (nSPS) is 10.4. The predicted octanol–water partition coefficient (Wildman–Crippen LogP) is 4.61. The number of halogens is 2. The second-order valence-corrected chi connectivity index (χ2v) is 5.44. The summed E-state index contributed by atoms with van der Waals surface area (Å²) in [6, 6.07) is 8.73. The van der Waals surface area contributed by atoms with Crippen molar-refractivity contribution < 1.29 is 4.79 Å². The molecule has 1 N–H and O–H groups in total. The van der Waals surface area contributed by atoms with Crippen LogP contribution in [0.5, 0.6) is 0 Å². The van der Waals surface area contributed by atoms with Crippen molar-refractivity contribution in [2.45, 2.75) is 13.8 Å². The van der Waals surface area contributed by atoms with Gasteiger partial charge in [0, 0.05) is 25.0 Å². The van der Waals surface area contributed by atoms with E-state index in [1.165, 1.54) is 0 Å². The van der Waals surface area contributed by atoms with E-state index in [9.17, 15) is 4.79 Å². The van der Waals surface area contributed by atoms with Crippen molar-refractivity contribution in [1.82, 2.24) is 9.88 Å². The first-order valence-corrected chi connectivity index (χ1v) is 7.78. The predicted molar refractivity (Wildman–Crippen MR) is 91.2 cm³/mol. The number of benzene rings is 1. The standard InChI is InChI=1S/C16H17Cl2N3O/c1-3-21(4-2)16(22)14-10-11(8-9-19-14)20-15-12(17)6-5-7-13(15)18/h5-10H,3-4H2,1-2H3,(H,19,20). The molecule has 0 aliphatic rings. The third-order valence-corrected chi connectivity index (χ3v) is 3.89. The zero-order valence-corrected chi connectivity index (χ0v) is 13.9. The fourth-order valence-corrected chi connectivity index (χ4v) is 2.55. The van der Waals surface area contributed by atoms with Gasteiger partial charge in [0.1, 0.15) is 5.69 Å². The van der Waals surface area contributed by atoms with E-state index < -0.39 is 0 Å². The second-order valence-electron chi connectivity index (χ2n) is 4.63. The molecule has 0 spiro atoms. The van der Waals surface area contributed by atoms with Crippen LogP contribution < -0.4 is 5.32 Å². The monoisotopic (exact) mass is 337 g/mol. The topological polar surface area (TPSA) is 45.2 Å². The van der Waals surface area contributed by atoms with Gasteiger partial charge in [-0.3, -0.25) is 9.78 Å². The summed E-state index contributed by atoms with van der Waals surface area (Å²) in [6.45, 7) is 5.16. The zero-order valence-electron chi connectivity index (χ0n) is 12.4. The Morgan fingerprint density at radius 1 is 1.18 bits per heavy atom. The lowest BCUT2D eigenvalue weighted by molar-refractivity contribution is 0.0767. The number of carbonyl (C=O) groups is 1. The highest BCUT2D eigenvalue weighted by Crippen LogP contribution is 2.32. The van der Waals surface area contributed by atoms with Crippen LogP contribution in [-0.2, 0) is 0 Å². The highest BCUT2D eigenvalue weighted by Gasteiger charge is 2.14. The molecule has 1 aromatic carbocycles. The van der Waals surface area contributed by atoms with Gasteiger partial charge < -0.3 is 10.2 Å². The molecular weight excluding hydrogens is 321 g/mol. The van der Waals surface area contributed by atoms with Gasteiger partial charge in [-0.1, -0.05) is 29.3 Å². The van der Waals surface area contributed by atoms with E-state index in [0.29, 0.717) is 40.2 Å². The zero-order chi connectivity index (χ0) is 16.1. The Hall–Kier alpha value is -1.78. The van der Waals surface area contributed by atoms with Crippen molar-refractivity contribution in [3.63, 3.8) is 0 Å². The first kappa shape index (κ1) is 16.6. The molecule has 1 amide bonds. The molecule has 1 aromatic heterocycles. The quantitative estimate of drug-likeness (QED) is 0.866.